The Morgan fingerprint density at radius 1 is 1.15 bits per heavy atom. The molecule has 2 fully saturated rings. The van der Waals surface area contributed by atoms with E-state index >= 15 is 0 Å². The molecule has 0 aromatic rings. The first-order valence-corrected chi connectivity index (χ1v) is 10.2. The van der Waals surface area contributed by atoms with Crippen LogP contribution in [0.25, 0.3) is 0 Å². The van der Waals surface area contributed by atoms with E-state index in [1.165, 1.54) is 0 Å². The molecular weight excluding hydrogens is 328 g/mol. The van der Waals surface area contributed by atoms with Crippen LogP contribution in [0.4, 0.5) is 0 Å². The third-order valence-electron chi connectivity index (χ3n) is 5.67. The number of carbonyl (C=O) groups is 1. The molecule has 2 rings (SSSR count). The van der Waals surface area contributed by atoms with Gasteiger partial charge in [0.05, 0.1) is 6.54 Å². The van der Waals surface area contributed by atoms with Gasteiger partial charge in [0.15, 0.2) is 5.96 Å². The topological polar surface area (TPSA) is 63.2 Å². The number of rotatable bonds is 6. The lowest BCUT2D eigenvalue weighted by molar-refractivity contribution is -0.121. The first kappa shape index (κ1) is 21.0. The quantitative estimate of drug-likeness (QED) is 0.527. The summed E-state index contributed by atoms with van der Waals surface area (Å²) >= 11 is 0. The van der Waals surface area contributed by atoms with Gasteiger partial charge in [-0.2, -0.15) is 0 Å². The van der Waals surface area contributed by atoms with Crippen molar-refractivity contribution in [2.45, 2.75) is 39.2 Å². The number of hydrogen-bond acceptors (Lipinski definition) is 4. The number of likely N-dealkylation sites (N-methyl/N-ethyl adjacent to an activating group) is 1. The average Bonchev–Trinajstić information content (AvgIpc) is 2.66. The molecule has 2 aliphatic heterocycles. The molecule has 2 saturated heterocycles. The van der Waals surface area contributed by atoms with Gasteiger partial charge in [-0.1, -0.05) is 0 Å². The largest absolute Gasteiger partial charge is 0.359 e. The predicted octanol–water partition coefficient (Wildman–Crippen LogP) is 0.436. The van der Waals surface area contributed by atoms with Crippen molar-refractivity contribution in [2.75, 3.05) is 66.5 Å². The summed E-state index contributed by atoms with van der Waals surface area (Å²) in [5.74, 6) is 1.69. The van der Waals surface area contributed by atoms with E-state index in [-0.39, 0.29) is 5.91 Å². The Kier molecular flexibility index (Phi) is 8.65. The van der Waals surface area contributed by atoms with E-state index in [0.29, 0.717) is 18.4 Å². The highest BCUT2D eigenvalue weighted by molar-refractivity contribution is 5.80. The van der Waals surface area contributed by atoms with E-state index in [4.69, 9.17) is 4.99 Å². The molecule has 0 aliphatic carbocycles. The fourth-order valence-corrected chi connectivity index (χ4v) is 3.74. The van der Waals surface area contributed by atoms with Crippen molar-refractivity contribution in [2.24, 2.45) is 10.9 Å². The number of carbonyl (C=O) groups excluding carboxylic acids is 1. The maximum Gasteiger partial charge on any atom is 0.220 e. The van der Waals surface area contributed by atoms with E-state index in [9.17, 15) is 4.79 Å². The summed E-state index contributed by atoms with van der Waals surface area (Å²) in [5, 5.41) is 6.19. The van der Waals surface area contributed by atoms with Crippen molar-refractivity contribution in [3.8, 4) is 0 Å². The van der Waals surface area contributed by atoms with E-state index in [2.05, 4.69) is 46.2 Å². The van der Waals surface area contributed by atoms with Gasteiger partial charge in [-0.3, -0.25) is 14.7 Å². The second kappa shape index (κ2) is 10.7. The Morgan fingerprint density at radius 3 is 2.38 bits per heavy atom. The SMILES string of the molecule is CCNC(=NCC(C)N1CCN(C)CC1)N1CCC(CC(=O)NC)CC1. The van der Waals surface area contributed by atoms with Gasteiger partial charge in [0.2, 0.25) is 5.91 Å². The minimum Gasteiger partial charge on any atom is -0.359 e. The molecule has 0 aromatic carbocycles. The fraction of sp³-hybridized carbons (Fsp3) is 0.895. The van der Waals surface area contributed by atoms with Crippen LogP contribution >= 0.6 is 0 Å². The predicted molar refractivity (Wildman–Crippen MR) is 107 cm³/mol. The monoisotopic (exact) mass is 366 g/mol. The summed E-state index contributed by atoms with van der Waals surface area (Å²) in [7, 11) is 3.91. The minimum absolute atomic E-state index is 0.157. The molecule has 0 aromatic heterocycles. The molecule has 7 nitrogen and oxygen atoms in total. The van der Waals surface area contributed by atoms with Crippen LogP contribution in [0.5, 0.6) is 0 Å². The summed E-state index contributed by atoms with van der Waals surface area (Å²) in [4.78, 5) is 23.8. The van der Waals surface area contributed by atoms with Gasteiger partial charge < -0.3 is 20.4 Å². The van der Waals surface area contributed by atoms with Crippen LogP contribution in [0, 0.1) is 5.92 Å². The Balaban J connectivity index is 1.83. The van der Waals surface area contributed by atoms with Crippen molar-refractivity contribution in [1.82, 2.24) is 25.3 Å². The molecule has 1 amide bonds. The van der Waals surface area contributed by atoms with Gasteiger partial charge in [-0.05, 0) is 39.7 Å². The molecule has 150 valence electrons. The van der Waals surface area contributed by atoms with E-state index in [0.717, 1.165) is 71.2 Å². The maximum atomic E-state index is 11.6. The number of likely N-dealkylation sites (tertiary alicyclic amines) is 1. The van der Waals surface area contributed by atoms with Gasteiger partial charge in [0.1, 0.15) is 0 Å². The summed E-state index contributed by atoms with van der Waals surface area (Å²) in [6.45, 7) is 12.7. The Morgan fingerprint density at radius 2 is 1.81 bits per heavy atom. The normalized spacial score (nSPS) is 22.3. The lowest BCUT2D eigenvalue weighted by Crippen LogP contribution is -2.50. The first-order valence-electron chi connectivity index (χ1n) is 10.2. The highest BCUT2D eigenvalue weighted by Crippen LogP contribution is 2.20. The molecule has 0 radical (unpaired) electrons. The zero-order chi connectivity index (χ0) is 18.9. The summed E-state index contributed by atoms with van der Waals surface area (Å²) in [5.41, 5.74) is 0. The van der Waals surface area contributed by atoms with Gasteiger partial charge in [0, 0.05) is 65.3 Å². The lowest BCUT2D eigenvalue weighted by Gasteiger charge is -2.37. The summed E-state index contributed by atoms with van der Waals surface area (Å²) in [6, 6.07) is 0.475. The zero-order valence-electron chi connectivity index (χ0n) is 17.1. The van der Waals surface area contributed by atoms with Crippen molar-refractivity contribution in [3.05, 3.63) is 0 Å². The number of guanidine groups is 1. The van der Waals surface area contributed by atoms with Crippen molar-refractivity contribution >= 4 is 11.9 Å². The molecule has 1 atom stereocenters. The molecule has 0 bridgehead atoms. The van der Waals surface area contributed by atoms with Crippen LogP contribution in [0.3, 0.4) is 0 Å². The van der Waals surface area contributed by atoms with Crippen molar-refractivity contribution in [3.63, 3.8) is 0 Å². The second-order valence-corrected chi connectivity index (χ2v) is 7.69. The lowest BCUT2D eigenvalue weighted by atomic mass is 9.93. The van der Waals surface area contributed by atoms with Crippen molar-refractivity contribution in [1.29, 1.82) is 0 Å². The third-order valence-corrected chi connectivity index (χ3v) is 5.67. The summed E-state index contributed by atoms with van der Waals surface area (Å²) < 4.78 is 0. The highest BCUT2D eigenvalue weighted by Gasteiger charge is 2.24. The fourth-order valence-electron chi connectivity index (χ4n) is 3.74. The van der Waals surface area contributed by atoms with Crippen LogP contribution in [0.1, 0.15) is 33.1 Å². The molecule has 0 saturated carbocycles. The standard InChI is InChI=1S/C19H38N6O/c1-5-21-19(22-15-16(2)24-12-10-23(4)11-13-24)25-8-6-17(7-9-25)14-18(26)20-3/h16-17H,5-15H2,1-4H3,(H,20,26)(H,21,22). The number of aliphatic imine (C=N–C) groups is 1. The Bertz CT molecular complexity index is 453. The first-order chi connectivity index (χ1) is 12.5. The molecule has 2 heterocycles. The Hall–Kier alpha value is -1.34. The van der Waals surface area contributed by atoms with E-state index in [1.54, 1.807) is 7.05 Å². The van der Waals surface area contributed by atoms with E-state index < -0.39 is 0 Å². The second-order valence-electron chi connectivity index (χ2n) is 7.69. The van der Waals surface area contributed by atoms with Crippen LogP contribution in [-0.2, 0) is 4.79 Å². The van der Waals surface area contributed by atoms with Crippen LogP contribution in [0.2, 0.25) is 0 Å². The molecule has 2 N–H and O–H groups in total. The molecule has 7 heteroatoms. The number of hydrogen-bond donors (Lipinski definition) is 2. The third kappa shape index (κ3) is 6.43. The maximum absolute atomic E-state index is 11.6. The Labute approximate surface area is 159 Å². The number of nitrogens with one attached hydrogen (secondary N) is 2. The molecule has 1 unspecified atom stereocenters. The van der Waals surface area contributed by atoms with E-state index in [1.807, 2.05) is 0 Å². The number of piperidine rings is 1. The average molecular weight is 367 g/mol. The van der Waals surface area contributed by atoms with Crippen LogP contribution < -0.4 is 10.6 Å². The van der Waals surface area contributed by atoms with Crippen LogP contribution in [0.15, 0.2) is 4.99 Å². The smallest absolute Gasteiger partial charge is 0.220 e. The molecule has 0 spiro atoms. The summed E-state index contributed by atoms with van der Waals surface area (Å²) in [6.07, 6.45) is 2.77. The molecule has 26 heavy (non-hydrogen) atoms. The number of amides is 1. The molecular formula is C19H38N6O. The van der Waals surface area contributed by atoms with Gasteiger partial charge in [-0.25, -0.2) is 0 Å². The number of piperazine rings is 1. The van der Waals surface area contributed by atoms with Gasteiger partial charge in [0.25, 0.3) is 0 Å². The zero-order valence-corrected chi connectivity index (χ0v) is 17.1. The van der Waals surface area contributed by atoms with Crippen molar-refractivity contribution < 1.29 is 4.79 Å². The molecule has 2 aliphatic rings. The highest BCUT2D eigenvalue weighted by atomic mass is 16.1. The number of nitrogens with zero attached hydrogens (tertiary/aromatic N) is 4. The minimum atomic E-state index is 0.157. The van der Waals surface area contributed by atoms with Crippen LogP contribution in [-0.4, -0.2) is 99.1 Å². The van der Waals surface area contributed by atoms with Gasteiger partial charge >= 0.3 is 0 Å². The van der Waals surface area contributed by atoms with Gasteiger partial charge in [-0.15, -0.1) is 0 Å².